The third kappa shape index (κ3) is 3.65. The SMILES string of the molecule is CCC(CO)(CO)NC(=O)c1ccc(I)cc1. The van der Waals surface area contributed by atoms with E-state index in [1.165, 1.54) is 0 Å². The van der Waals surface area contributed by atoms with Crippen LogP contribution in [0, 0.1) is 3.57 Å². The molecule has 0 atom stereocenters. The van der Waals surface area contributed by atoms with E-state index in [0.717, 1.165) is 3.57 Å². The molecule has 0 saturated heterocycles. The van der Waals surface area contributed by atoms with Gasteiger partial charge < -0.3 is 15.5 Å². The number of halogens is 1. The summed E-state index contributed by atoms with van der Waals surface area (Å²) >= 11 is 2.16. The Hall–Kier alpha value is -0.660. The minimum Gasteiger partial charge on any atom is -0.394 e. The predicted molar refractivity (Wildman–Crippen MR) is 73.8 cm³/mol. The first-order valence-electron chi connectivity index (χ1n) is 5.36. The van der Waals surface area contributed by atoms with Gasteiger partial charge >= 0.3 is 0 Å². The van der Waals surface area contributed by atoms with Crippen molar-refractivity contribution in [2.45, 2.75) is 18.9 Å². The molecule has 0 heterocycles. The molecule has 1 aromatic carbocycles. The molecule has 17 heavy (non-hydrogen) atoms. The molecule has 0 aliphatic rings. The first-order valence-corrected chi connectivity index (χ1v) is 6.44. The van der Waals surface area contributed by atoms with E-state index in [1.54, 1.807) is 19.1 Å². The molecule has 1 rings (SSSR count). The fourth-order valence-corrected chi connectivity index (χ4v) is 1.71. The zero-order chi connectivity index (χ0) is 12.9. The van der Waals surface area contributed by atoms with E-state index in [9.17, 15) is 15.0 Å². The summed E-state index contributed by atoms with van der Waals surface area (Å²) in [6, 6.07) is 7.10. The standard InChI is InChI=1S/C12H16INO3/c1-2-12(7-15,8-16)14-11(17)9-3-5-10(13)6-4-9/h3-6,15-16H,2,7-8H2,1H3,(H,14,17). The Kier molecular flexibility index (Phi) is 5.35. The van der Waals surface area contributed by atoms with Crippen molar-refractivity contribution in [2.24, 2.45) is 0 Å². The molecule has 0 radical (unpaired) electrons. The average Bonchev–Trinajstić information content (AvgIpc) is 2.37. The third-order valence-electron chi connectivity index (χ3n) is 2.77. The molecule has 0 bridgehead atoms. The van der Waals surface area contributed by atoms with Crippen molar-refractivity contribution < 1.29 is 15.0 Å². The summed E-state index contributed by atoms with van der Waals surface area (Å²) in [5, 5.41) is 21.2. The summed E-state index contributed by atoms with van der Waals surface area (Å²) in [5.41, 5.74) is -0.426. The smallest absolute Gasteiger partial charge is 0.251 e. The fraction of sp³-hybridized carbons (Fsp3) is 0.417. The van der Waals surface area contributed by atoms with Crippen LogP contribution in [0.25, 0.3) is 0 Å². The van der Waals surface area contributed by atoms with Gasteiger partial charge in [-0.2, -0.15) is 0 Å². The van der Waals surface area contributed by atoms with Crippen molar-refractivity contribution in [3.63, 3.8) is 0 Å². The quantitative estimate of drug-likeness (QED) is 0.699. The van der Waals surface area contributed by atoms with Gasteiger partial charge in [0.25, 0.3) is 5.91 Å². The second-order valence-corrected chi connectivity index (χ2v) is 5.16. The van der Waals surface area contributed by atoms with Crippen LogP contribution in [0.1, 0.15) is 23.7 Å². The number of nitrogens with one attached hydrogen (secondary N) is 1. The van der Waals surface area contributed by atoms with Crippen LogP contribution in [0.5, 0.6) is 0 Å². The van der Waals surface area contributed by atoms with Crippen LogP contribution in [0.2, 0.25) is 0 Å². The summed E-state index contributed by atoms with van der Waals surface area (Å²) in [5.74, 6) is -0.286. The Morgan fingerprint density at radius 3 is 2.24 bits per heavy atom. The third-order valence-corrected chi connectivity index (χ3v) is 3.49. The van der Waals surface area contributed by atoms with Crippen LogP contribution in [0.4, 0.5) is 0 Å². The van der Waals surface area contributed by atoms with Gasteiger partial charge in [0.05, 0.1) is 18.8 Å². The second kappa shape index (κ2) is 6.32. The molecule has 94 valence electrons. The molecular weight excluding hydrogens is 333 g/mol. The van der Waals surface area contributed by atoms with Crippen molar-refractivity contribution >= 4 is 28.5 Å². The molecule has 0 aliphatic carbocycles. The Balaban J connectivity index is 2.81. The summed E-state index contributed by atoms with van der Waals surface area (Å²) in [6.07, 6.45) is 0.468. The number of carbonyl (C=O) groups is 1. The first-order chi connectivity index (χ1) is 8.06. The highest BCUT2D eigenvalue weighted by atomic mass is 127. The van der Waals surface area contributed by atoms with E-state index in [4.69, 9.17) is 0 Å². The molecule has 0 aromatic heterocycles. The number of hydrogen-bond acceptors (Lipinski definition) is 3. The zero-order valence-corrected chi connectivity index (χ0v) is 11.8. The van der Waals surface area contributed by atoms with Crippen LogP contribution >= 0.6 is 22.6 Å². The van der Waals surface area contributed by atoms with Crippen molar-refractivity contribution in [1.82, 2.24) is 5.32 Å². The lowest BCUT2D eigenvalue weighted by atomic mass is 9.98. The normalized spacial score (nSPS) is 11.3. The predicted octanol–water partition coefficient (Wildman–Crippen LogP) is 1.15. The minimum atomic E-state index is -0.944. The van der Waals surface area contributed by atoms with Gasteiger partial charge in [0, 0.05) is 9.13 Å². The van der Waals surface area contributed by atoms with Gasteiger partial charge in [-0.05, 0) is 53.3 Å². The Morgan fingerprint density at radius 1 is 1.29 bits per heavy atom. The van der Waals surface area contributed by atoms with E-state index in [2.05, 4.69) is 27.9 Å². The maximum atomic E-state index is 11.9. The molecule has 0 fully saturated rings. The Labute approximate surface area is 114 Å². The molecule has 0 saturated carbocycles. The molecule has 1 aromatic rings. The maximum absolute atomic E-state index is 11.9. The van der Waals surface area contributed by atoms with Crippen LogP contribution in [-0.4, -0.2) is 34.9 Å². The van der Waals surface area contributed by atoms with Gasteiger partial charge in [-0.25, -0.2) is 0 Å². The average molecular weight is 349 g/mol. The molecule has 1 amide bonds. The Bertz CT molecular complexity index is 366. The van der Waals surface area contributed by atoms with E-state index >= 15 is 0 Å². The van der Waals surface area contributed by atoms with Gasteiger partial charge in [-0.1, -0.05) is 6.92 Å². The maximum Gasteiger partial charge on any atom is 0.251 e. The van der Waals surface area contributed by atoms with Gasteiger partial charge in [0.1, 0.15) is 0 Å². The lowest BCUT2D eigenvalue weighted by molar-refractivity contribution is 0.0653. The second-order valence-electron chi connectivity index (χ2n) is 3.91. The lowest BCUT2D eigenvalue weighted by Crippen LogP contribution is -2.53. The van der Waals surface area contributed by atoms with Crippen LogP contribution in [-0.2, 0) is 0 Å². The highest BCUT2D eigenvalue weighted by Gasteiger charge is 2.28. The highest BCUT2D eigenvalue weighted by molar-refractivity contribution is 14.1. The zero-order valence-electron chi connectivity index (χ0n) is 9.61. The van der Waals surface area contributed by atoms with Gasteiger partial charge in [-0.3, -0.25) is 4.79 Å². The highest BCUT2D eigenvalue weighted by Crippen LogP contribution is 2.11. The van der Waals surface area contributed by atoms with Crippen LogP contribution < -0.4 is 5.32 Å². The monoisotopic (exact) mass is 349 g/mol. The van der Waals surface area contributed by atoms with Crippen molar-refractivity contribution in [2.75, 3.05) is 13.2 Å². The topological polar surface area (TPSA) is 69.6 Å². The summed E-state index contributed by atoms with van der Waals surface area (Å²) in [6.45, 7) is 1.24. The van der Waals surface area contributed by atoms with Crippen molar-refractivity contribution in [1.29, 1.82) is 0 Å². The summed E-state index contributed by atoms with van der Waals surface area (Å²) in [4.78, 5) is 11.9. The largest absolute Gasteiger partial charge is 0.394 e. The van der Waals surface area contributed by atoms with E-state index < -0.39 is 5.54 Å². The lowest BCUT2D eigenvalue weighted by Gasteiger charge is -2.29. The first kappa shape index (κ1) is 14.4. The molecule has 4 nitrogen and oxygen atoms in total. The summed E-state index contributed by atoms with van der Waals surface area (Å²) < 4.78 is 1.05. The van der Waals surface area contributed by atoms with Gasteiger partial charge in [-0.15, -0.1) is 0 Å². The molecule has 0 unspecified atom stereocenters. The van der Waals surface area contributed by atoms with E-state index in [-0.39, 0.29) is 19.1 Å². The van der Waals surface area contributed by atoms with Crippen LogP contribution in [0.3, 0.4) is 0 Å². The Morgan fingerprint density at radius 2 is 1.82 bits per heavy atom. The number of carbonyl (C=O) groups excluding carboxylic acids is 1. The van der Waals surface area contributed by atoms with Gasteiger partial charge in [0.15, 0.2) is 0 Å². The molecule has 0 spiro atoms. The fourth-order valence-electron chi connectivity index (χ4n) is 1.36. The number of aliphatic hydroxyl groups is 2. The van der Waals surface area contributed by atoms with E-state index in [0.29, 0.717) is 12.0 Å². The molecular formula is C12H16INO3. The van der Waals surface area contributed by atoms with Crippen molar-refractivity contribution in [3.05, 3.63) is 33.4 Å². The summed E-state index contributed by atoms with van der Waals surface area (Å²) in [7, 11) is 0. The molecule has 5 heteroatoms. The molecule has 3 N–H and O–H groups in total. The number of amides is 1. The number of rotatable bonds is 5. The van der Waals surface area contributed by atoms with Crippen molar-refractivity contribution in [3.8, 4) is 0 Å². The van der Waals surface area contributed by atoms with E-state index in [1.807, 2.05) is 12.1 Å². The minimum absolute atomic E-state index is 0.282. The van der Waals surface area contributed by atoms with Crippen LogP contribution in [0.15, 0.2) is 24.3 Å². The number of hydrogen-bond donors (Lipinski definition) is 3. The number of benzene rings is 1. The molecule has 0 aliphatic heterocycles. The number of aliphatic hydroxyl groups excluding tert-OH is 2. The van der Waals surface area contributed by atoms with Gasteiger partial charge in [0.2, 0.25) is 0 Å².